The first-order chi connectivity index (χ1) is 10.2. The maximum Gasteiger partial charge on any atom is 0.418 e. The lowest BCUT2D eigenvalue weighted by atomic mass is 9.93. The summed E-state index contributed by atoms with van der Waals surface area (Å²) in [4.78, 5) is 3.83. The summed E-state index contributed by atoms with van der Waals surface area (Å²) < 4.78 is 39.3. The molecule has 0 saturated carbocycles. The maximum absolute atomic E-state index is 13.1. The molecule has 1 heterocycles. The summed E-state index contributed by atoms with van der Waals surface area (Å²) in [7, 11) is 0. The Morgan fingerprint density at radius 1 is 1.45 bits per heavy atom. The van der Waals surface area contributed by atoms with Gasteiger partial charge in [0.25, 0.3) is 0 Å². The fraction of sp³-hybridized carbons (Fsp3) is 0.312. The van der Waals surface area contributed by atoms with Crippen molar-refractivity contribution in [3.63, 3.8) is 0 Å². The molecule has 0 radical (unpaired) electrons. The fourth-order valence-corrected chi connectivity index (χ4v) is 1.97. The monoisotopic (exact) mass is 330 g/mol. The maximum atomic E-state index is 13.1. The lowest BCUT2D eigenvalue weighted by Crippen LogP contribution is -2.21. The molecule has 0 amide bonds. The number of halogens is 4. The van der Waals surface area contributed by atoms with Gasteiger partial charge in [0.15, 0.2) is 0 Å². The van der Waals surface area contributed by atoms with Crippen molar-refractivity contribution in [3.05, 3.63) is 64.5 Å². The number of aromatic nitrogens is 1. The smallest absolute Gasteiger partial charge is 0.319 e. The van der Waals surface area contributed by atoms with Gasteiger partial charge in [-0.1, -0.05) is 36.8 Å². The van der Waals surface area contributed by atoms with Gasteiger partial charge in [-0.2, -0.15) is 13.2 Å². The van der Waals surface area contributed by atoms with Gasteiger partial charge < -0.3 is 5.73 Å². The molecule has 1 aromatic heterocycles. The first-order valence-electron chi connectivity index (χ1n) is 6.68. The van der Waals surface area contributed by atoms with E-state index in [0.29, 0.717) is 22.6 Å². The molecule has 0 aliphatic carbocycles. The summed E-state index contributed by atoms with van der Waals surface area (Å²) in [5.41, 5.74) is 6.08. The van der Waals surface area contributed by atoms with E-state index in [0.717, 1.165) is 6.07 Å². The van der Waals surface area contributed by atoms with Crippen LogP contribution in [0, 0.1) is 0 Å². The molecule has 0 aliphatic heterocycles. The third kappa shape index (κ3) is 4.71. The third-order valence-corrected chi connectivity index (χ3v) is 3.23. The van der Waals surface area contributed by atoms with E-state index in [9.17, 15) is 13.2 Å². The van der Waals surface area contributed by atoms with Crippen molar-refractivity contribution in [1.82, 2.24) is 4.98 Å². The molecule has 1 atom stereocenters. The third-order valence-electron chi connectivity index (χ3n) is 3.10. The topological polar surface area (TPSA) is 38.9 Å². The van der Waals surface area contributed by atoms with Gasteiger partial charge >= 0.3 is 6.18 Å². The van der Waals surface area contributed by atoms with E-state index in [2.05, 4.69) is 11.6 Å². The van der Waals surface area contributed by atoms with Gasteiger partial charge in [0.1, 0.15) is 0 Å². The molecule has 0 saturated heterocycles. The Hall–Kier alpha value is -1.59. The standard InChI is InChI=1S/C16H18ClF3N2/c1-4-10(2)12(8-7-11(3)17)14(21)15-13(16(18,19)20)6-5-9-22-15/h5-9,14H,2,4,21H2,1,3H3. The Morgan fingerprint density at radius 3 is 2.59 bits per heavy atom. The number of nitrogens with two attached hydrogens (primary N) is 1. The molecule has 2 N–H and O–H groups in total. The zero-order valence-electron chi connectivity index (χ0n) is 12.4. The van der Waals surface area contributed by atoms with Crippen molar-refractivity contribution >= 4 is 11.6 Å². The van der Waals surface area contributed by atoms with E-state index in [1.807, 2.05) is 6.92 Å². The van der Waals surface area contributed by atoms with E-state index in [1.165, 1.54) is 12.3 Å². The Kier molecular flexibility index (Phi) is 6.38. The van der Waals surface area contributed by atoms with E-state index >= 15 is 0 Å². The zero-order valence-corrected chi connectivity index (χ0v) is 13.2. The predicted molar refractivity (Wildman–Crippen MR) is 83.3 cm³/mol. The normalized spacial score (nSPS) is 14.9. The molecule has 0 spiro atoms. The quantitative estimate of drug-likeness (QED) is 0.759. The van der Waals surface area contributed by atoms with Gasteiger partial charge in [-0.25, -0.2) is 0 Å². The molecule has 1 rings (SSSR count). The van der Waals surface area contributed by atoms with Gasteiger partial charge in [-0.15, -0.1) is 0 Å². The summed E-state index contributed by atoms with van der Waals surface area (Å²) in [5.74, 6) is 0. The summed E-state index contributed by atoms with van der Waals surface area (Å²) in [5, 5.41) is 0.491. The van der Waals surface area contributed by atoms with Gasteiger partial charge in [-0.05, 0) is 37.1 Å². The summed E-state index contributed by atoms with van der Waals surface area (Å²) in [6.45, 7) is 7.38. The molecule has 1 aromatic rings. The van der Waals surface area contributed by atoms with E-state index < -0.39 is 17.8 Å². The number of alkyl halides is 3. The highest BCUT2D eigenvalue weighted by molar-refractivity contribution is 6.29. The summed E-state index contributed by atoms with van der Waals surface area (Å²) >= 11 is 5.77. The van der Waals surface area contributed by atoms with Crippen LogP contribution in [0.5, 0.6) is 0 Å². The van der Waals surface area contributed by atoms with Gasteiger partial charge in [0.2, 0.25) is 0 Å². The molecule has 2 nitrogen and oxygen atoms in total. The minimum absolute atomic E-state index is 0.225. The Morgan fingerprint density at radius 2 is 2.09 bits per heavy atom. The van der Waals surface area contributed by atoms with Crippen molar-refractivity contribution in [3.8, 4) is 0 Å². The van der Waals surface area contributed by atoms with Crippen LogP contribution in [0.2, 0.25) is 0 Å². The Labute approximate surface area is 133 Å². The average molecular weight is 331 g/mol. The Bertz CT molecular complexity index is 600. The number of pyridine rings is 1. The van der Waals surface area contributed by atoms with Gasteiger partial charge in [0, 0.05) is 11.2 Å². The molecular formula is C16H18ClF3N2. The highest BCUT2D eigenvalue weighted by Gasteiger charge is 2.36. The van der Waals surface area contributed by atoms with Crippen molar-refractivity contribution < 1.29 is 13.2 Å². The number of hydrogen-bond acceptors (Lipinski definition) is 2. The second-order valence-electron chi connectivity index (χ2n) is 4.74. The molecule has 1 unspecified atom stereocenters. The molecule has 120 valence electrons. The molecule has 0 fully saturated rings. The van der Waals surface area contributed by atoms with E-state index in [-0.39, 0.29) is 5.69 Å². The van der Waals surface area contributed by atoms with E-state index in [4.69, 9.17) is 17.3 Å². The molecule has 0 bridgehead atoms. The molecule has 22 heavy (non-hydrogen) atoms. The van der Waals surface area contributed by atoms with Crippen LogP contribution in [-0.4, -0.2) is 4.98 Å². The van der Waals surface area contributed by atoms with Crippen LogP contribution in [0.15, 0.2) is 53.2 Å². The fourth-order valence-electron chi connectivity index (χ4n) is 1.90. The largest absolute Gasteiger partial charge is 0.418 e. The first-order valence-corrected chi connectivity index (χ1v) is 7.06. The van der Waals surface area contributed by atoms with Crippen LogP contribution in [0.3, 0.4) is 0 Å². The van der Waals surface area contributed by atoms with Crippen LogP contribution in [0.25, 0.3) is 0 Å². The molecule has 0 aromatic carbocycles. The Balaban J connectivity index is 3.38. The second kappa shape index (κ2) is 7.61. The average Bonchev–Trinajstić information content (AvgIpc) is 2.45. The number of hydrogen-bond donors (Lipinski definition) is 1. The van der Waals surface area contributed by atoms with E-state index in [1.54, 1.807) is 19.1 Å². The minimum Gasteiger partial charge on any atom is -0.319 e. The summed E-state index contributed by atoms with van der Waals surface area (Å²) in [6, 6.07) is 1.18. The van der Waals surface area contributed by atoms with Crippen LogP contribution in [-0.2, 0) is 6.18 Å². The minimum atomic E-state index is -4.52. The van der Waals surface area contributed by atoms with Crippen LogP contribution in [0.1, 0.15) is 37.6 Å². The lowest BCUT2D eigenvalue weighted by Gasteiger charge is -2.20. The first kappa shape index (κ1) is 18.5. The number of allylic oxidation sites excluding steroid dienone is 3. The van der Waals surface area contributed by atoms with Crippen molar-refractivity contribution in [2.24, 2.45) is 5.73 Å². The molecule has 0 aliphatic rings. The van der Waals surface area contributed by atoms with Crippen molar-refractivity contribution in [2.75, 3.05) is 0 Å². The van der Waals surface area contributed by atoms with Crippen LogP contribution < -0.4 is 5.73 Å². The highest BCUT2D eigenvalue weighted by atomic mass is 35.5. The molecule has 6 heteroatoms. The van der Waals surface area contributed by atoms with Crippen molar-refractivity contribution in [1.29, 1.82) is 0 Å². The number of nitrogens with zero attached hydrogens (tertiary/aromatic N) is 1. The SMILES string of the molecule is C=C(CC)C(=CC=C(C)Cl)C(N)c1ncccc1C(F)(F)F. The van der Waals surface area contributed by atoms with Gasteiger partial charge in [-0.3, -0.25) is 4.98 Å². The van der Waals surface area contributed by atoms with Crippen LogP contribution >= 0.6 is 11.6 Å². The van der Waals surface area contributed by atoms with Gasteiger partial charge in [0.05, 0.1) is 17.3 Å². The second-order valence-corrected chi connectivity index (χ2v) is 5.34. The predicted octanol–water partition coefficient (Wildman–Crippen LogP) is 5.14. The lowest BCUT2D eigenvalue weighted by molar-refractivity contribution is -0.138. The number of rotatable bonds is 5. The molecular weight excluding hydrogens is 313 g/mol. The van der Waals surface area contributed by atoms with Crippen LogP contribution in [0.4, 0.5) is 13.2 Å². The van der Waals surface area contributed by atoms with Crippen molar-refractivity contribution in [2.45, 2.75) is 32.5 Å². The summed E-state index contributed by atoms with van der Waals surface area (Å²) in [6.07, 6.45) is 0.502. The zero-order chi connectivity index (χ0) is 16.9. The highest BCUT2D eigenvalue weighted by Crippen LogP contribution is 2.36.